The van der Waals surface area contributed by atoms with Gasteiger partial charge < -0.3 is 9.47 Å². The van der Waals surface area contributed by atoms with E-state index in [9.17, 15) is 4.79 Å². The third-order valence-electron chi connectivity index (χ3n) is 5.62. The Morgan fingerprint density at radius 2 is 1.76 bits per heavy atom. The van der Waals surface area contributed by atoms with Crippen molar-refractivity contribution in [2.75, 3.05) is 6.61 Å². The number of fused-ring (bicyclic) bond motifs is 1. The Hall–Kier alpha value is -2.49. The minimum atomic E-state index is -0.218. The summed E-state index contributed by atoms with van der Waals surface area (Å²) in [6.45, 7) is 6.88. The first kappa shape index (κ1) is 27.5. The van der Waals surface area contributed by atoms with E-state index in [2.05, 4.69) is 71.9 Å². The second kappa shape index (κ2) is 12.4. The monoisotopic (exact) mass is 689 g/mol. The molecule has 0 bridgehead atoms. The van der Waals surface area contributed by atoms with Gasteiger partial charge in [0.2, 0.25) is 0 Å². The predicted molar refractivity (Wildman–Crippen MR) is 159 cm³/mol. The smallest absolute Gasteiger partial charge is 0.282 e. The largest absolute Gasteiger partial charge is 0.490 e. The molecule has 0 aliphatic heterocycles. The van der Waals surface area contributed by atoms with Gasteiger partial charge >= 0.3 is 0 Å². The topological polar surface area (TPSA) is 65.7 Å². The van der Waals surface area contributed by atoms with E-state index in [1.807, 2.05) is 44.2 Å². The molecular formula is C28H26Br3N3O3. The lowest BCUT2D eigenvalue weighted by atomic mass is 10.1. The highest BCUT2D eigenvalue weighted by molar-refractivity contribution is 9.13. The van der Waals surface area contributed by atoms with E-state index < -0.39 is 0 Å². The molecule has 4 aromatic rings. The van der Waals surface area contributed by atoms with Crippen LogP contribution in [-0.4, -0.2) is 22.5 Å². The van der Waals surface area contributed by atoms with E-state index in [1.54, 1.807) is 12.3 Å². The van der Waals surface area contributed by atoms with Crippen LogP contribution in [0.4, 0.5) is 0 Å². The maximum Gasteiger partial charge on any atom is 0.282 e. The molecule has 192 valence electrons. The molecule has 4 rings (SSSR count). The summed E-state index contributed by atoms with van der Waals surface area (Å²) in [5.74, 6) is 1.78. The number of benzene rings is 3. The Balaban J connectivity index is 1.73. The van der Waals surface area contributed by atoms with Crippen LogP contribution < -0.4 is 15.0 Å². The number of rotatable bonds is 9. The van der Waals surface area contributed by atoms with Crippen LogP contribution in [0.1, 0.15) is 42.8 Å². The molecule has 0 aliphatic rings. The van der Waals surface area contributed by atoms with Gasteiger partial charge in [0.1, 0.15) is 12.4 Å². The van der Waals surface area contributed by atoms with Gasteiger partial charge in [-0.15, -0.1) is 0 Å². The molecule has 0 saturated heterocycles. The van der Waals surface area contributed by atoms with Gasteiger partial charge in [-0.3, -0.25) is 4.79 Å². The van der Waals surface area contributed by atoms with E-state index in [-0.39, 0.29) is 5.56 Å². The zero-order chi connectivity index (χ0) is 26.5. The van der Waals surface area contributed by atoms with Crippen molar-refractivity contribution in [1.82, 2.24) is 9.66 Å². The molecule has 37 heavy (non-hydrogen) atoms. The molecule has 0 aliphatic carbocycles. The van der Waals surface area contributed by atoms with Gasteiger partial charge in [0.05, 0.1) is 28.2 Å². The second-order valence-electron chi connectivity index (χ2n) is 8.43. The van der Waals surface area contributed by atoms with Crippen LogP contribution in [0.25, 0.3) is 10.9 Å². The maximum absolute atomic E-state index is 13.3. The van der Waals surface area contributed by atoms with Gasteiger partial charge in [0.15, 0.2) is 11.5 Å². The maximum atomic E-state index is 13.3. The lowest BCUT2D eigenvalue weighted by Crippen LogP contribution is -2.22. The molecule has 6 nitrogen and oxygen atoms in total. The summed E-state index contributed by atoms with van der Waals surface area (Å²) >= 11 is 10.8. The standard InChI is InChI=1S/C28H26Br3N3O3/c1-4-6-24-33-22-12-11-20(29)14-21(22)28(35)34(24)32-15-19-13-23(36-5-2)27(26(31)25(19)30)37-16-18-9-7-17(3)8-10-18/h7-15H,4-6,16H2,1-3H3. The summed E-state index contributed by atoms with van der Waals surface area (Å²) in [7, 11) is 0. The molecule has 0 atom stereocenters. The highest BCUT2D eigenvalue weighted by Gasteiger charge is 2.18. The highest BCUT2D eigenvalue weighted by atomic mass is 79.9. The van der Waals surface area contributed by atoms with Gasteiger partial charge in [-0.2, -0.15) is 9.78 Å². The van der Waals surface area contributed by atoms with Gasteiger partial charge in [-0.25, -0.2) is 4.98 Å². The summed E-state index contributed by atoms with van der Waals surface area (Å²) in [4.78, 5) is 18.0. The molecule has 1 aromatic heterocycles. The van der Waals surface area contributed by atoms with Crippen molar-refractivity contribution in [3.63, 3.8) is 0 Å². The zero-order valence-electron chi connectivity index (χ0n) is 20.7. The number of hydrogen-bond donors (Lipinski definition) is 0. The Morgan fingerprint density at radius 3 is 2.46 bits per heavy atom. The minimum absolute atomic E-state index is 0.218. The van der Waals surface area contributed by atoms with Crippen LogP contribution in [0.5, 0.6) is 11.5 Å². The average Bonchev–Trinajstić information content (AvgIpc) is 2.88. The number of halogens is 3. The van der Waals surface area contributed by atoms with Crippen LogP contribution in [-0.2, 0) is 13.0 Å². The lowest BCUT2D eigenvalue weighted by Gasteiger charge is -2.16. The number of aromatic nitrogens is 2. The number of hydrogen-bond acceptors (Lipinski definition) is 5. The summed E-state index contributed by atoms with van der Waals surface area (Å²) in [6, 6.07) is 15.5. The molecule has 9 heteroatoms. The molecule has 3 aromatic carbocycles. The number of aryl methyl sites for hydroxylation is 2. The lowest BCUT2D eigenvalue weighted by molar-refractivity contribution is 0.267. The number of ether oxygens (including phenoxy) is 2. The molecule has 0 unspecified atom stereocenters. The van der Waals surface area contributed by atoms with Crippen LogP contribution >= 0.6 is 47.8 Å². The van der Waals surface area contributed by atoms with Crippen molar-refractivity contribution in [2.45, 2.75) is 40.2 Å². The summed E-state index contributed by atoms with van der Waals surface area (Å²) in [6.07, 6.45) is 3.09. The van der Waals surface area contributed by atoms with Crippen molar-refractivity contribution >= 4 is 64.9 Å². The molecule has 1 heterocycles. The van der Waals surface area contributed by atoms with Crippen LogP contribution in [0.3, 0.4) is 0 Å². The molecule has 0 fully saturated rings. The summed E-state index contributed by atoms with van der Waals surface area (Å²) in [5.41, 5.74) is 3.41. The van der Waals surface area contributed by atoms with Crippen molar-refractivity contribution < 1.29 is 9.47 Å². The van der Waals surface area contributed by atoms with Crippen molar-refractivity contribution in [3.8, 4) is 11.5 Å². The quantitative estimate of drug-likeness (QED) is 0.168. The third kappa shape index (κ3) is 6.33. The third-order valence-corrected chi connectivity index (χ3v) is 8.26. The molecule has 0 amide bonds. The Bertz CT molecular complexity index is 1520. The van der Waals surface area contributed by atoms with Gasteiger partial charge in [-0.1, -0.05) is 52.7 Å². The highest BCUT2D eigenvalue weighted by Crippen LogP contribution is 2.43. The predicted octanol–water partition coefficient (Wildman–Crippen LogP) is 7.80. The Labute approximate surface area is 241 Å². The molecule has 0 saturated carbocycles. The SMILES string of the molecule is CCCc1nc2ccc(Br)cc2c(=O)n1N=Cc1cc(OCC)c(OCc2ccc(C)cc2)c(Br)c1Br. The van der Waals surface area contributed by atoms with Gasteiger partial charge in [-0.05, 0) is 82.0 Å². The van der Waals surface area contributed by atoms with E-state index >= 15 is 0 Å². The van der Waals surface area contributed by atoms with Crippen molar-refractivity contribution in [2.24, 2.45) is 5.10 Å². The van der Waals surface area contributed by atoms with Crippen LogP contribution in [0.15, 0.2) is 71.8 Å². The first-order chi connectivity index (χ1) is 17.8. The number of nitrogens with zero attached hydrogens (tertiary/aromatic N) is 3. The summed E-state index contributed by atoms with van der Waals surface area (Å²) < 4.78 is 15.7. The molecule has 0 N–H and O–H groups in total. The second-order valence-corrected chi connectivity index (χ2v) is 10.9. The van der Waals surface area contributed by atoms with Gasteiger partial charge in [0.25, 0.3) is 5.56 Å². The first-order valence-corrected chi connectivity index (χ1v) is 14.3. The van der Waals surface area contributed by atoms with E-state index in [4.69, 9.17) is 14.5 Å². The molecule has 0 spiro atoms. The van der Waals surface area contributed by atoms with E-state index in [0.717, 1.165) is 26.5 Å². The fourth-order valence-electron chi connectivity index (χ4n) is 3.75. The minimum Gasteiger partial charge on any atom is -0.490 e. The normalized spacial score (nSPS) is 11.4. The Kier molecular flexibility index (Phi) is 9.21. The first-order valence-electron chi connectivity index (χ1n) is 11.9. The fourth-order valence-corrected chi connectivity index (χ4v) is 5.05. The van der Waals surface area contributed by atoms with Crippen molar-refractivity contribution in [1.29, 1.82) is 0 Å². The Morgan fingerprint density at radius 1 is 1.00 bits per heavy atom. The molecule has 0 radical (unpaired) electrons. The molecular weight excluding hydrogens is 666 g/mol. The van der Waals surface area contributed by atoms with Crippen LogP contribution in [0, 0.1) is 6.92 Å². The zero-order valence-corrected chi connectivity index (χ0v) is 25.5. The summed E-state index contributed by atoms with van der Waals surface area (Å²) in [5, 5.41) is 5.06. The average molecular weight is 692 g/mol. The van der Waals surface area contributed by atoms with Gasteiger partial charge in [0, 0.05) is 20.9 Å². The van der Waals surface area contributed by atoms with E-state index in [0.29, 0.717) is 52.3 Å². The van der Waals surface area contributed by atoms with Crippen molar-refractivity contribution in [3.05, 3.63) is 94.8 Å². The van der Waals surface area contributed by atoms with Crippen LogP contribution in [0.2, 0.25) is 0 Å². The fraction of sp³-hybridized carbons (Fsp3) is 0.250. The van der Waals surface area contributed by atoms with E-state index in [1.165, 1.54) is 10.2 Å².